The van der Waals surface area contributed by atoms with Crippen LogP contribution in [0.25, 0.3) is 17.4 Å². The smallest absolute Gasteiger partial charge is 0.267 e. The third-order valence-electron chi connectivity index (χ3n) is 4.72. The minimum atomic E-state index is -0.0849. The molecule has 0 radical (unpaired) electrons. The van der Waals surface area contributed by atoms with Crippen LogP contribution in [0.2, 0.25) is 10.0 Å². The molecule has 1 aliphatic heterocycles. The third kappa shape index (κ3) is 4.74. The zero-order valence-corrected chi connectivity index (χ0v) is 19.6. The zero-order chi connectivity index (χ0) is 22.1. The van der Waals surface area contributed by atoms with Crippen LogP contribution in [0.1, 0.15) is 25.2 Å². The SMILES string of the molecule is Cc1ccc(N=C2S/C(=C/c3ccc(-c4ccc(Cl)c(Cl)c4)o3)C(=O)N2C(C)C)cc1. The van der Waals surface area contributed by atoms with Crippen LogP contribution in [-0.2, 0) is 4.79 Å². The molecule has 2 heterocycles. The lowest BCUT2D eigenvalue weighted by atomic mass is 10.2. The van der Waals surface area contributed by atoms with E-state index in [1.165, 1.54) is 11.8 Å². The standard InChI is InChI=1S/C24H20Cl2N2O2S/c1-14(2)28-23(29)22(31-24(28)27-17-7-4-15(3)5-8-17)13-18-9-11-21(30-18)16-6-10-19(25)20(26)12-16/h4-14H,1-3H3/b22-13+,27-24?. The Labute approximate surface area is 195 Å². The van der Waals surface area contributed by atoms with Gasteiger partial charge < -0.3 is 4.42 Å². The molecule has 1 aliphatic rings. The molecule has 1 fully saturated rings. The fraction of sp³-hybridized carbons (Fsp3) is 0.167. The van der Waals surface area contributed by atoms with Gasteiger partial charge in [-0.25, -0.2) is 4.99 Å². The number of hydrogen-bond donors (Lipinski definition) is 0. The van der Waals surface area contributed by atoms with Crippen molar-refractivity contribution in [3.05, 3.63) is 80.9 Å². The van der Waals surface area contributed by atoms with Gasteiger partial charge in [0.2, 0.25) is 0 Å². The largest absolute Gasteiger partial charge is 0.457 e. The van der Waals surface area contributed by atoms with Gasteiger partial charge in [-0.3, -0.25) is 9.69 Å². The normalized spacial score (nSPS) is 16.8. The number of rotatable bonds is 4. The van der Waals surface area contributed by atoms with E-state index in [1.54, 1.807) is 23.1 Å². The lowest BCUT2D eigenvalue weighted by molar-refractivity contribution is -0.123. The van der Waals surface area contributed by atoms with E-state index in [0.717, 1.165) is 16.8 Å². The van der Waals surface area contributed by atoms with Gasteiger partial charge in [0.1, 0.15) is 11.5 Å². The van der Waals surface area contributed by atoms with Gasteiger partial charge in [0.15, 0.2) is 5.17 Å². The Morgan fingerprint density at radius 1 is 1.03 bits per heavy atom. The van der Waals surface area contributed by atoms with Crippen molar-refractivity contribution in [3.63, 3.8) is 0 Å². The van der Waals surface area contributed by atoms with Crippen molar-refractivity contribution in [1.29, 1.82) is 0 Å². The van der Waals surface area contributed by atoms with Gasteiger partial charge in [0.25, 0.3) is 5.91 Å². The van der Waals surface area contributed by atoms with Crippen LogP contribution in [0.3, 0.4) is 0 Å². The summed E-state index contributed by atoms with van der Waals surface area (Å²) < 4.78 is 5.94. The number of benzene rings is 2. The summed E-state index contributed by atoms with van der Waals surface area (Å²) in [5, 5.41) is 1.61. The number of aryl methyl sites for hydroxylation is 1. The van der Waals surface area contributed by atoms with Crippen LogP contribution < -0.4 is 0 Å². The number of amidine groups is 1. The van der Waals surface area contributed by atoms with E-state index in [0.29, 0.717) is 31.6 Å². The van der Waals surface area contributed by atoms with Gasteiger partial charge in [-0.1, -0.05) is 40.9 Å². The topological polar surface area (TPSA) is 45.8 Å². The molecule has 158 valence electrons. The van der Waals surface area contributed by atoms with Crippen LogP contribution in [0.4, 0.5) is 5.69 Å². The Hall–Kier alpha value is -2.47. The van der Waals surface area contributed by atoms with E-state index in [1.807, 2.05) is 63.2 Å². The molecule has 0 bridgehead atoms. The number of furan rings is 1. The molecule has 1 amide bonds. The van der Waals surface area contributed by atoms with Crippen LogP contribution in [0.5, 0.6) is 0 Å². The predicted octanol–water partition coefficient (Wildman–Crippen LogP) is 7.57. The van der Waals surface area contributed by atoms with E-state index < -0.39 is 0 Å². The highest BCUT2D eigenvalue weighted by Crippen LogP contribution is 2.36. The van der Waals surface area contributed by atoms with Crippen LogP contribution in [-0.4, -0.2) is 22.0 Å². The second-order valence-electron chi connectivity index (χ2n) is 7.44. The summed E-state index contributed by atoms with van der Waals surface area (Å²) in [6.07, 6.45) is 1.75. The van der Waals surface area contributed by atoms with Gasteiger partial charge in [-0.2, -0.15) is 0 Å². The molecule has 3 aromatic rings. The maximum Gasteiger partial charge on any atom is 0.267 e. The number of halogens is 2. The van der Waals surface area contributed by atoms with E-state index >= 15 is 0 Å². The van der Waals surface area contributed by atoms with Crippen LogP contribution in [0, 0.1) is 6.92 Å². The van der Waals surface area contributed by atoms with Gasteiger partial charge >= 0.3 is 0 Å². The zero-order valence-electron chi connectivity index (χ0n) is 17.2. The minimum Gasteiger partial charge on any atom is -0.457 e. The highest BCUT2D eigenvalue weighted by atomic mass is 35.5. The van der Waals surface area contributed by atoms with Crippen molar-refractivity contribution < 1.29 is 9.21 Å². The molecule has 1 saturated heterocycles. The average molecular weight is 471 g/mol. The number of nitrogens with zero attached hydrogens (tertiary/aromatic N) is 2. The minimum absolute atomic E-state index is 0.0153. The molecule has 31 heavy (non-hydrogen) atoms. The summed E-state index contributed by atoms with van der Waals surface area (Å²) in [4.78, 5) is 20.0. The average Bonchev–Trinajstić information content (AvgIpc) is 3.31. The molecule has 7 heteroatoms. The molecule has 0 atom stereocenters. The number of carbonyl (C=O) groups is 1. The quantitative estimate of drug-likeness (QED) is 0.369. The highest BCUT2D eigenvalue weighted by molar-refractivity contribution is 8.18. The Morgan fingerprint density at radius 2 is 1.77 bits per heavy atom. The molecule has 0 aliphatic carbocycles. The Kier molecular flexibility index (Phi) is 6.28. The summed E-state index contributed by atoms with van der Waals surface area (Å²) in [6.45, 7) is 5.98. The number of amides is 1. The fourth-order valence-corrected chi connectivity index (χ4v) is 4.51. The Balaban J connectivity index is 1.63. The summed E-state index contributed by atoms with van der Waals surface area (Å²) in [5.74, 6) is 1.14. The molecule has 0 spiro atoms. The van der Waals surface area contributed by atoms with E-state index in [2.05, 4.69) is 0 Å². The van der Waals surface area contributed by atoms with Gasteiger partial charge in [0.05, 0.1) is 20.6 Å². The van der Waals surface area contributed by atoms with Crippen molar-refractivity contribution >= 4 is 57.8 Å². The van der Waals surface area contributed by atoms with Gasteiger partial charge in [0, 0.05) is 17.7 Å². The molecule has 4 nitrogen and oxygen atoms in total. The summed E-state index contributed by atoms with van der Waals surface area (Å²) in [7, 11) is 0. The molecule has 0 N–H and O–H groups in total. The number of thioether (sulfide) groups is 1. The number of aliphatic imine (C=N–C) groups is 1. The van der Waals surface area contributed by atoms with Crippen molar-refractivity contribution in [2.75, 3.05) is 0 Å². The Bertz CT molecular complexity index is 1200. The van der Waals surface area contributed by atoms with Crippen molar-refractivity contribution in [1.82, 2.24) is 4.90 Å². The molecular weight excluding hydrogens is 451 g/mol. The van der Waals surface area contributed by atoms with Crippen LogP contribution >= 0.6 is 35.0 Å². The summed E-state index contributed by atoms with van der Waals surface area (Å²) in [6, 6.07) is 16.9. The lowest BCUT2D eigenvalue weighted by Gasteiger charge is -2.19. The third-order valence-corrected chi connectivity index (χ3v) is 6.44. The molecule has 0 unspecified atom stereocenters. The lowest BCUT2D eigenvalue weighted by Crippen LogP contribution is -2.35. The molecular formula is C24H20Cl2N2O2S. The summed E-state index contributed by atoms with van der Waals surface area (Å²) >= 11 is 13.5. The second-order valence-corrected chi connectivity index (χ2v) is 9.26. The molecule has 0 saturated carbocycles. The second kappa shape index (κ2) is 8.95. The van der Waals surface area contributed by atoms with Gasteiger partial charge in [-0.05, 0) is 75.0 Å². The molecule has 2 aromatic carbocycles. The molecule has 4 rings (SSSR count). The molecule has 1 aromatic heterocycles. The van der Waals surface area contributed by atoms with Crippen LogP contribution in [0.15, 0.2) is 68.9 Å². The monoisotopic (exact) mass is 470 g/mol. The maximum atomic E-state index is 13.0. The van der Waals surface area contributed by atoms with Crippen molar-refractivity contribution in [2.24, 2.45) is 4.99 Å². The van der Waals surface area contributed by atoms with E-state index in [-0.39, 0.29) is 11.9 Å². The predicted molar refractivity (Wildman–Crippen MR) is 130 cm³/mol. The number of carbonyl (C=O) groups excluding carboxylic acids is 1. The van der Waals surface area contributed by atoms with E-state index in [9.17, 15) is 4.79 Å². The summed E-state index contributed by atoms with van der Waals surface area (Å²) in [5.41, 5.74) is 2.79. The first kappa shape index (κ1) is 21.8. The first-order chi connectivity index (χ1) is 14.8. The van der Waals surface area contributed by atoms with Crippen molar-refractivity contribution in [3.8, 4) is 11.3 Å². The van der Waals surface area contributed by atoms with Gasteiger partial charge in [-0.15, -0.1) is 0 Å². The first-order valence-corrected chi connectivity index (χ1v) is 11.3. The number of hydrogen-bond acceptors (Lipinski definition) is 4. The Morgan fingerprint density at radius 3 is 2.45 bits per heavy atom. The van der Waals surface area contributed by atoms with E-state index in [4.69, 9.17) is 32.6 Å². The maximum absolute atomic E-state index is 13.0. The first-order valence-electron chi connectivity index (χ1n) is 9.75. The van der Waals surface area contributed by atoms with Crippen molar-refractivity contribution in [2.45, 2.75) is 26.8 Å². The highest BCUT2D eigenvalue weighted by Gasteiger charge is 2.35. The fourth-order valence-electron chi connectivity index (χ4n) is 3.11.